The van der Waals surface area contributed by atoms with Crippen molar-refractivity contribution in [1.29, 1.82) is 0 Å². The lowest BCUT2D eigenvalue weighted by Gasteiger charge is -2.37. The molecule has 1 unspecified atom stereocenters. The van der Waals surface area contributed by atoms with Crippen LogP contribution in [0.4, 0.5) is 18.9 Å². The molecule has 1 amide bonds. The normalized spacial score (nSPS) is 18.6. The first-order chi connectivity index (χ1) is 16.5. The van der Waals surface area contributed by atoms with Gasteiger partial charge in [-0.05, 0) is 62.1 Å². The molecule has 2 aromatic rings. The zero-order chi connectivity index (χ0) is 25.4. The summed E-state index contributed by atoms with van der Waals surface area (Å²) in [6.07, 6.45) is -3.20. The monoisotopic (exact) mass is 528 g/mol. The second-order valence-corrected chi connectivity index (χ2v) is 10.1. The van der Waals surface area contributed by atoms with E-state index in [1.165, 1.54) is 31.4 Å². The Bertz CT molecular complexity index is 1150. The average Bonchev–Trinajstić information content (AvgIpc) is 3.13. The molecule has 36 heavy (non-hydrogen) atoms. The third-order valence-corrected chi connectivity index (χ3v) is 8.33. The number of esters is 1. The van der Waals surface area contributed by atoms with E-state index in [4.69, 9.17) is 4.74 Å². The largest absolute Gasteiger partial charge is 0.573 e. The second-order valence-electron chi connectivity index (χ2n) is 8.65. The number of rotatable bonds is 5. The van der Waals surface area contributed by atoms with Crippen LogP contribution in [-0.4, -0.2) is 59.0 Å². The predicted octanol–water partition coefficient (Wildman–Crippen LogP) is 3.40. The number of benzene rings is 2. The molecule has 2 aliphatic rings. The third kappa shape index (κ3) is 5.40. The summed E-state index contributed by atoms with van der Waals surface area (Å²) in [5, 5.41) is 0. The first-order valence-corrected chi connectivity index (χ1v) is 12.2. The average molecular weight is 529 g/mol. The van der Waals surface area contributed by atoms with E-state index in [0.717, 1.165) is 0 Å². The summed E-state index contributed by atoms with van der Waals surface area (Å²) < 4.78 is 61.1. The van der Waals surface area contributed by atoms with Gasteiger partial charge in [-0.2, -0.15) is 0 Å². The maximum atomic E-state index is 13.4. The van der Waals surface area contributed by atoms with Crippen molar-refractivity contribution in [2.75, 3.05) is 31.6 Å². The van der Waals surface area contributed by atoms with E-state index in [0.29, 0.717) is 55.0 Å². The van der Waals surface area contributed by atoms with E-state index >= 15 is 0 Å². The molecule has 2 saturated heterocycles. The summed E-state index contributed by atoms with van der Waals surface area (Å²) in [4.78, 5) is 27.5. The summed E-state index contributed by atoms with van der Waals surface area (Å²) in [6, 6.07) is 10.3. The second kappa shape index (κ2) is 10.6. The molecule has 2 fully saturated rings. The van der Waals surface area contributed by atoms with Crippen LogP contribution < -0.4 is 9.64 Å². The van der Waals surface area contributed by atoms with Crippen LogP contribution in [0, 0.1) is 12.3 Å². The van der Waals surface area contributed by atoms with Crippen molar-refractivity contribution in [3.63, 3.8) is 0 Å². The van der Waals surface area contributed by atoms with Gasteiger partial charge < -0.3 is 19.8 Å². The molecule has 2 aliphatic heterocycles. The van der Waals surface area contributed by atoms with E-state index < -0.39 is 28.7 Å². The van der Waals surface area contributed by atoms with Crippen molar-refractivity contribution in [1.82, 2.24) is 4.31 Å². The Labute approximate surface area is 208 Å². The number of hydrogen-bond donors (Lipinski definition) is 0. The maximum Gasteiger partial charge on any atom is 0.573 e. The van der Waals surface area contributed by atoms with Crippen LogP contribution in [0.1, 0.15) is 35.2 Å². The number of piperidine rings is 1. The summed E-state index contributed by atoms with van der Waals surface area (Å²) in [7, 11) is -0.323. The number of aryl methyl sites for hydroxylation is 1. The molecule has 2 N–H and O–H groups in total. The number of ether oxygens (including phenoxy) is 2. The molecular weight excluding hydrogens is 501 g/mol. The smallest absolute Gasteiger partial charge is 0.465 e. The molecule has 12 heteroatoms. The minimum Gasteiger partial charge on any atom is -0.465 e. The van der Waals surface area contributed by atoms with Crippen molar-refractivity contribution >= 4 is 28.5 Å². The molecular formula is C24H27F3N2O6S. The van der Waals surface area contributed by atoms with Gasteiger partial charge in [-0.3, -0.25) is 4.79 Å². The van der Waals surface area contributed by atoms with Crippen molar-refractivity contribution in [2.24, 2.45) is 5.41 Å². The quantitative estimate of drug-likeness (QED) is 0.553. The SMILES string of the molecule is COC(=O)c1cccc(C)c1S(=O)N1CCC2(CCN(c3ccc(OC(F)(F)F)cc3)C2=O)CC1.O. The van der Waals surface area contributed by atoms with Gasteiger partial charge in [-0.15, -0.1) is 13.2 Å². The highest BCUT2D eigenvalue weighted by Crippen LogP contribution is 2.44. The molecule has 8 nitrogen and oxygen atoms in total. The Morgan fingerprint density at radius 2 is 1.64 bits per heavy atom. The molecule has 4 rings (SSSR count). The van der Waals surface area contributed by atoms with Crippen LogP contribution in [0.2, 0.25) is 0 Å². The number of alkyl halides is 3. The fraction of sp³-hybridized carbons (Fsp3) is 0.417. The van der Waals surface area contributed by atoms with Gasteiger partial charge in [-0.1, -0.05) is 12.1 Å². The molecule has 2 heterocycles. The van der Waals surface area contributed by atoms with Crippen LogP contribution in [0.25, 0.3) is 0 Å². The Balaban J connectivity index is 0.00000361. The number of carbonyl (C=O) groups is 2. The standard InChI is InChI=1S/C24H25F3N2O5S.H2O/c1-16-4-3-5-19(21(30)33-2)20(16)35(32)28-13-10-23(11-14-28)12-15-29(22(23)31)17-6-8-18(9-7-17)34-24(25,26)27;/h3-9H,10-15H2,1-2H3;1H2. The molecule has 0 aromatic heterocycles. The molecule has 196 valence electrons. The number of methoxy groups -OCH3 is 1. The lowest BCUT2D eigenvalue weighted by atomic mass is 9.77. The zero-order valence-electron chi connectivity index (χ0n) is 19.8. The minimum absolute atomic E-state index is 0. The maximum absolute atomic E-state index is 13.4. The van der Waals surface area contributed by atoms with Gasteiger partial charge >= 0.3 is 12.3 Å². The van der Waals surface area contributed by atoms with Crippen molar-refractivity contribution < 1.29 is 41.9 Å². The number of amides is 1. The molecule has 0 radical (unpaired) electrons. The first-order valence-electron chi connectivity index (χ1n) is 11.1. The van der Waals surface area contributed by atoms with Gasteiger partial charge in [0.05, 0.1) is 23.0 Å². The molecule has 2 aromatic carbocycles. The molecule has 0 saturated carbocycles. The highest BCUT2D eigenvalue weighted by molar-refractivity contribution is 7.82. The van der Waals surface area contributed by atoms with Gasteiger partial charge in [0.1, 0.15) is 16.7 Å². The molecule has 1 spiro atoms. The van der Waals surface area contributed by atoms with E-state index in [1.807, 2.05) is 0 Å². The first kappa shape index (κ1) is 27.6. The minimum atomic E-state index is -4.78. The lowest BCUT2D eigenvalue weighted by molar-refractivity contribution is -0.274. The van der Waals surface area contributed by atoms with Gasteiger partial charge in [0.2, 0.25) is 5.91 Å². The van der Waals surface area contributed by atoms with Crippen molar-refractivity contribution in [3.8, 4) is 5.75 Å². The Kier molecular flexibility index (Phi) is 8.11. The highest BCUT2D eigenvalue weighted by Gasteiger charge is 2.49. The van der Waals surface area contributed by atoms with Gasteiger partial charge in [0.15, 0.2) is 0 Å². The Hall–Kier alpha value is -2.96. The van der Waals surface area contributed by atoms with E-state index in [9.17, 15) is 27.0 Å². The summed E-state index contributed by atoms with van der Waals surface area (Å²) in [6.45, 7) is 3.04. The van der Waals surface area contributed by atoms with Crippen LogP contribution in [0.3, 0.4) is 0 Å². The van der Waals surface area contributed by atoms with Crippen LogP contribution >= 0.6 is 0 Å². The predicted molar refractivity (Wildman–Crippen MR) is 126 cm³/mol. The summed E-state index contributed by atoms with van der Waals surface area (Å²) in [5.74, 6) is -0.988. The van der Waals surface area contributed by atoms with Crippen LogP contribution in [0.5, 0.6) is 5.75 Å². The number of nitrogens with zero attached hydrogens (tertiary/aromatic N) is 2. The molecule has 0 aliphatic carbocycles. The van der Waals surface area contributed by atoms with Crippen molar-refractivity contribution in [2.45, 2.75) is 37.4 Å². The van der Waals surface area contributed by atoms with Gasteiger partial charge in [0.25, 0.3) is 0 Å². The number of hydrogen-bond acceptors (Lipinski definition) is 5. The van der Waals surface area contributed by atoms with Gasteiger partial charge in [0, 0.05) is 25.3 Å². The highest BCUT2D eigenvalue weighted by atomic mass is 32.2. The Morgan fingerprint density at radius 1 is 1.03 bits per heavy atom. The van der Waals surface area contributed by atoms with E-state index in [1.54, 1.807) is 34.3 Å². The number of carbonyl (C=O) groups excluding carboxylic acids is 2. The topological polar surface area (TPSA) is 108 Å². The lowest BCUT2D eigenvalue weighted by Crippen LogP contribution is -2.45. The van der Waals surface area contributed by atoms with Gasteiger partial charge in [-0.25, -0.2) is 13.3 Å². The molecule has 1 atom stereocenters. The fourth-order valence-electron chi connectivity index (χ4n) is 4.72. The Morgan fingerprint density at radius 3 is 2.22 bits per heavy atom. The fourth-order valence-corrected chi connectivity index (χ4v) is 6.18. The van der Waals surface area contributed by atoms with Crippen LogP contribution in [-0.2, 0) is 20.5 Å². The number of anilines is 1. The zero-order valence-corrected chi connectivity index (χ0v) is 20.6. The van der Waals surface area contributed by atoms with Crippen molar-refractivity contribution in [3.05, 3.63) is 53.6 Å². The summed E-state index contributed by atoms with van der Waals surface area (Å²) >= 11 is 0. The van der Waals surface area contributed by atoms with Crippen LogP contribution in [0.15, 0.2) is 47.4 Å². The summed E-state index contributed by atoms with van der Waals surface area (Å²) in [5.41, 5.74) is 0.869. The molecule has 0 bridgehead atoms. The van der Waals surface area contributed by atoms with E-state index in [2.05, 4.69) is 4.74 Å². The van der Waals surface area contributed by atoms with E-state index in [-0.39, 0.29) is 22.7 Å². The third-order valence-electron chi connectivity index (χ3n) is 6.60. The number of halogens is 3.